The summed E-state index contributed by atoms with van der Waals surface area (Å²) in [5, 5.41) is 17.1. The van der Waals surface area contributed by atoms with Crippen molar-refractivity contribution in [3.63, 3.8) is 0 Å². The van der Waals surface area contributed by atoms with Gasteiger partial charge in [0.15, 0.2) is 0 Å². The number of benzene rings is 1. The molecule has 1 aliphatic heterocycles. The topological polar surface area (TPSA) is 112 Å². The standard InChI is InChI=1S/C17H15NO6S/c1-10(7-11-5-3-2-4-6-11)8-13-15(21)18(17(24)25-13)12(16(22)23)9-14(19)20/h2-8,12H,9H2,1H3,(H,19,20)(H,22,23)/b10-7+,13-8-. The van der Waals surface area contributed by atoms with Crippen molar-refractivity contribution < 1.29 is 29.4 Å². The van der Waals surface area contributed by atoms with Crippen LogP contribution in [-0.2, 0) is 14.4 Å². The number of carbonyl (C=O) groups is 4. The lowest BCUT2D eigenvalue weighted by Gasteiger charge is -2.19. The number of thioether (sulfide) groups is 1. The van der Waals surface area contributed by atoms with Gasteiger partial charge in [0.05, 0.1) is 11.3 Å². The van der Waals surface area contributed by atoms with Crippen LogP contribution in [0.5, 0.6) is 0 Å². The van der Waals surface area contributed by atoms with Gasteiger partial charge < -0.3 is 10.2 Å². The van der Waals surface area contributed by atoms with Gasteiger partial charge in [-0.25, -0.2) is 4.79 Å². The molecule has 1 heterocycles. The second-order valence-corrected chi connectivity index (χ2v) is 6.30. The fourth-order valence-electron chi connectivity index (χ4n) is 2.26. The molecule has 2 amide bonds. The monoisotopic (exact) mass is 361 g/mol. The van der Waals surface area contributed by atoms with Crippen LogP contribution < -0.4 is 0 Å². The van der Waals surface area contributed by atoms with Gasteiger partial charge in [-0.2, -0.15) is 0 Å². The predicted octanol–water partition coefficient (Wildman–Crippen LogP) is 2.60. The van der Waals surface area contributed by atoms with Crippen molar-refractivity contribution in [3.05, 3.63) is 52.4 Å². The largest absolute Gasteiger partial charge is 0.481 e. The van der Waals surface area contributed by atoms with Crippen molar-refractivity contribution >= 4 is 40.9 Å². The molecule has 1 fully saturated rings. The maximum Gasteiger partial charge on any atom is 0.327 e. The van der Waals surface area contributed by atoms with Crippen LogP contribution in [-0.4, -0.2) is 44.2 Å². The molecular formula is C17H15NO6S. The number of hydrogen-bond acceptors (Lipinski definition) is 5. The minimum absolute atomic E-state index is 0.0614. The summed E-state index contributed by atoms with van der Waals surface area (Å²) in [7, 11) is 0. The summed E-state index contributed by atoms with van der Waals surface area (Å²) in [6.07, 6.45) is 2.44. The molecule has 1 atom stereocenters. The van der Waals surface area contributed by atoms with E-state index >= 15 is 0 Å². The third-order valence-corrected chi connectivity index (χ3v) is 4.22. The molecule has 2 rings (SSSR count). The molecule has 0 spiro atoms. The lowest BCUT2D eigenvalue weighted by atomic mass is 10.1. The van der Waals surface area contributed by atoms with Crippen LogP contribution >= 0.6 is 11.8 Å². The Morgan fingerprint density at radius 2 is 1.84 bits per heavy atom. The molecule has 0 aromatic heterocycles. The third-order valence-electron chi connectivity index (χ3n) is 3.34. The van der Waals surface area contributed by atoms with Gasteiger partial charge in [0.1, 0.15) is 6.04 Å². The van der Waals surface area contributed by atoms with Gasteiger partial charge in [-0.15, -0.1) is 0 Å². The normalized spacial score (nSPS) is 17.9. The Kier molecular flexibility index (Phi) is 5.76. The van der Waals surface area contributed by atoms with Gasteiger partial charge in [0, 0.05) is 0 Å². The number of hydrogen-bond donors (Lipinski definition) is 2. The van der Waals surface area contributed by atoms with Gasteiger partial charge in [-0.05, 0) is 35.9 Å². The van der Waals surface area contributed by atoms with Crippen molar-refractivity contribution in [2.24, 2.45) is 0 Å². The van der Waals surface area contributed by atoms with Crippen LogP contribution in [0.3, 0.4) is 0 Å². The highest BCUT2D eigenvalue weighted by Crippen LogP contribution is 2.34. The van der Waals surface area contributed by atoms with Crippen LogP contribution in [0.4, 0.5) is 4.79 Å². The molecule has 1 aliphatic rings. The van der Waals surface area contributed by atoms with E-state index in [1.165, 1.54) is 6.08 Å². The van der Waals surface area contributed by atoms with E-state index in [1.807, 2.05) is 30.3 Å². The van der Waals surface area contributed by atoms with Crippen LogP contribution in [0, 0.1) is 0 Å². The molecule has 25 heavy (non-hydrogen) atoms. The van der Waals surface area contributed by atoms with Gasteiger partial charge in [-0.1, -0.05) is 36.4 Å². The van der Waals surface area contributed by atoms with Crippen LogP contribution in [0.1, 0.15) is 18.9 Å². The number of carboxylic acids is 2. The molecule has 1 aromatic rings. The second kappa shape index (κ2) is 7.80. The number of rotatable bonds is 6. The van der Waals surface area contributed by atoms with Crippen molar-refractivity contribution in [1.29, 1.82) is 0 Å². The first-order chi connectivity index (χ1) is 11.8. The van der Waals surface area contributed by atoms with E-state index in [0.29, 0.717) is 22.2 Å². The molecule has 130 valence electrons. The zero-order valence-corrected chi connectivity index (χ0v) is 14.0. The van der Waals surface area contributed by atoms with Crippen molar-refractivity contribution in [1.82, 2.24) is 4.90 Å². The average molecular weight is 361 g/mol. The quantitative estimate of drug-likeness (QED) is 0.749. The molecule has 0 aliphatic carbocycles. The number of carboxylic acid groups (broad SMARTS) is 2. The van der Waals surface area contributed by atoms with Crippen molar-refractivity contribution in [2.75, 3.05) is 0 Å². The molecule has 0 saturated carbocycles. The van der Waals surface area contributed by atoms with Crippen LogP contribution in [0.2, 0.25) is 0 Å². The molecule has 1 aromatic carbocycles. The van der Waals surface area contributed by atoms with E-state index in [9.17, 15) is 19.2 Å². The number of imide groups is 1. The molecule has 1 unspecified atom stereocenters. The number of amides is 2. The van der Waals surface area contributed by atoms with Gasteiger partial charge in [-0.3, -0.25) is 19.3 Å². The number of allylic oxidation sites excluding steroid dienone is 2. The Morgan fingerprint density at radius 3 is 2.40 bits per heavy atom. The summed E-state index contributed by atoms with van der Waals surface area (Å²) >= 11 is 0.595. The van der Waals surface area contributed by atoms with Crippen LogP contribution in [0.25, 0.3) is 6.08 Å². The Balaban J connectivity index is 2.26. The van der Waals surface area contributed by atoms with E-state index in [4.69, 9.17) is 10.2 Å². The first kappa shape index (κ1) is 18.5. The first-order valence-electron chi connectivity index (χ1n) is 7.24. The molecular weight excluding hydrogens is 346 g/mol. The lowest BCUT2D eigenvalue weighted by Crippen LogP contribution is -2.45. The van der Waals surface area contributed by atoms with E-state index in [0.717, 1.165) is 5.56 Å². The minimum Gasteiger partial charge on any atom is -0.481 e. The Hall–Kier alpha value is -2.87. The summed E-state index contributed by atoms with van der Waals surface area (Å²) in [4.78, 5) is 47.0. The highest BCUT2D eigenvalue weighted by molar-refractivity contribution is 8.18. The number of nitrogens with zero attached hydrogens (tertiary/aromatic N) is 1. The minimum atomic E-state index is -1.73. The van der Waals surface area contributed by atoms with E-state index < -0.39 is 35.5 Å². The predicted molar refractivity (Wildman–Crippen MR) is 91.7 cm³/mol. The number of carbonyl (C=O) groups excluding carboxylic acids is 2. The zero-order valence-electron chi connectivity index (χ0n) is 13.2. The maximum absolute atomic E-state index is 12.4. The highest BCUT2D eigenvalue weighted by atomic mass is 32.2. The fourth-order valence-corrected chi connectivity index (χ4v) is 3.19. The summed E-state index contributed by atoms with van der Waals surface area (Å²) in [6.45, 7) is 1.74. The van der Waals surface area contributed by atoms with Crippen LogP contribution in [0.15, 0.2) is 46.9 Å². The highest BCUT2D eigenvalue weighted by Gasteiger charge is 2.43. The van der Waals surface area contributed by atoms with Gasteiger partial charge in [0.25, 0.3) is 11.1 Å². The summed E-state index contributed by atoms with van der Waals surface area (Å²) in [5.41, 5.74) is 1.60. The second-order valence-electron chi connectivity index (χ2n) is 5.30. The zero-order chi connectivity index (χ0) is 18.6. The molecule has 8 heteroatoms. The summed E-state index contributed by atoms with van der Waals surface area (Å²) in [5.74, 6) is -3.75. The molecule has 0 radical (unpaired) electrons. The molecule has 2 N–H and O–H groups in total. The van der Waals surface area contributed by atoms with Gasteiger partial charge in [0.2, 0.25) is 0 Å². The van der Waals surface area contributed by atoms with Crippen molar-refractivity contribution in [2.45, 2.75) is 19.4 Å². The SMILES string of the molecule is CC(/C=C1\SC(=O)N(C(CC(=O)O)C(=O)O)C1=O)=C\c1ccccc1. The van der Waals surface area contributed by atoms with E-state index in [-0.39, 0.29) is 4.91 Å². The molecule has 0 bridgehead atoms. The summed E-state index contributed by atoms with van der Waals surface area (Å²) < 4.78 is 0. The lowest BCUT2D eigenvalue weighted by molar-refractivity contribution is -0.150. The fraction of sp³-hybridized carbons (Fsp3) is 0.176. The van der Waals surface area contributed by atoms with E-state index in [2.05, 4.69) is 0 Å². The summed E-state index contributed by atoms with van der Waals surface area (Å²) in [6, 6.07) is 7.60. The van der Waals surface area contributed by atoms with Gasteiger partial charge >= 0.3 is 11.9 Å². The Morgan fingerprint density at radius 1 is 1.20 bits per heavy atom. The maximum atomic E-state index is 12.4. The Labute approximate surface area is 147 Å². The smallest absolute Gasteiger partial charge is 0.327 e. The Bertz CT molecular complexity index is 784. The number of aliphatic carboxylic acids is 2. The van der Waals surface area contributed by atoms with E-state index in [1.54, 1.807) is 13.0 Å². The first-order valence-corrected chi connectivity index (χ1v) is 8.06. The average Bonchev–Trinajstić information content (AvgIpc) is 2.79. The van der Waals surface area contributed by atoms with Crippen molar-refractivity contribution in [3.8, 4) is 0 Å². The third kappa shape index (κ3) is 4.57. The molecule has 7 nitrogen and oxygen atoms in total. The molecule has 1 saturated heterocycles.